The number of ether oxygens (including phenoxy) is 1. The van der Waals surface area contributed by atoms with Crippen LogP contribution in [0.3, 0.4) is 0 Å². The quantitative estimate of drug-likeness (QED) is 0.347. The standard InChI is InChI=1S/C17H24N2O/c18-19-17-16(20-17)14-10-6-9-13-15-11-7-4-2-1-3-5-8-12-15/h1-5,7-8,11-12,16-17,19H,6,9-10,13-14,18H2. The van der Waals surface area contributed by atoms with Crippen molar-refractivity contribution in [3.63, 3.8) is 0 Å². The van der Waals surface area contributed by atoms with Gasteiger partial charge in [-0.1, -0.05) is 67.4 Å². The van der Waals surface area contributed by atoms with Crippen molar-refractivity contribution in [2.75, 3.05) is 0 Å². The Bertz CT molecular complexity index is 424. The summed E-state index contributed by atoms with van der Waals surface area (Å²) < 4.78 is 5.34. The van der Waals surface area contributed by atoms with Gasteiger partial charge in [0.25, 0.3) is 0 Å². The van der Waals surface area contributed by atoms with Crippen LogP contribution in [0.2, 0.25) is 0 Å². The summed E-state index contributed by atoms with van der Waals surface area (Å²) in [5.41, 5.74) is 4.03. The number of epoxide rings is 1. The molecular weight excluding hydrogens is 248 g/mol. The lowest BCUT2D eigenvalue weighted by Crippen LogP contribution is -2.26. The van der Waals surface area contributed by atoms with Crippen LogP contribution in [-0.4, -0.2) is 12.3 Å². The number of rotatable bonds is 7. The van der Waals surface area contributed by atoms with Crippen molar-refractivity contribution in [1.82, 2.24) is 5.43 Å². The van der Waals surface area contributed by atoms with E-state index in [1.54, 1.807) is 0 Å². The van der Waals surface area contributed by atoms with Crippen LogP contribution in [0.1, 0.15) is 31.2 Å². The van der Waals surface area contributed by atoms with Crippen LogP contribution in [0.25, 0.3) is 0 Å². The Balaban J connectivity index is 1.68. The van der Waals surface area contributed by atoms with Gasteiger partial charge in [0, 0.05) is 0 Å². The van der Waals surface area contributed by atoms with Gasteiger partial charge in [-0.05, 0) is 24.8 Å². The molecule has 0 spiro atoms. The summed E-state index contributed by atoms with van der Waals surface area (Å²) in [5.74, 6) is 5.30. The molecule has 1 aliphatic rings. The number of hydrazine groups is 1. The monoisotopic (exact) mass is 272 g/mol. The Kier molecular flexibility index (Phi) is 6.51. The van der Waals surface area contributed by atoms with Crippen LogP contribution in [0.5, 0.6) is 0 Å². The average molecular weight is 272 g/mol. The number of nitrogens with two attached hydrogens (primary N) is 1. The molecule has 20 heavy (non-hydrogen) atoms. The molecule has 1 heterocycles. The molecule has 1 fully saturated rings. The minimum atomic E-state index is 0.101. The van der Waals surface area contributed by atoms with Gasteiger partial charge < -0.3 is 4.74 Å². The maximum atomic E-state index is 5.34. The number of aryl methyl sites for hydroxylation is 1. The van der Waals surface area contributed by atoms with E-state index in [0.29, 0.717) is 6.10 Å². The van der Waals surface area contributed by atoms with Gasteiger partial charge in [0.1, 0.15) is 12.3 Å². The minimum Gasteiger partial charge on any atom is -0.352 e. The van der Waals surface area contributed by atoms with Gasteiger partial charge >= 0.3 is 0 Å². The highest BCUT2D eigenvalue weighted by Gasteiger charge is 2.36. The zero-order valence-electron chi connectivity index (χ0n) is 11.9. The summed E-state index contributed by atoms with van der Waals surface area (Å²) in [5, 5.41) is 0. The van der Waals surface area contributed by atoms with Crippen molar-refractivity contribution >= 4 is 0 Å². The molecule has 3 N–H and O–H groups in total. The smallest absolute Gasteiger partial charge is 0.147 e. The summed E-state index contributed by atoms with van der Waals surface area (Å²) in [7, 11) is 0. The number of hydrogen-bond acceptors (Lipinski definition) is 3. The maximum absolute atomic E-state index is 5.34. The Morgan fingerprint density at radius 2 is 1.55 bits per heavy atom. The summed E-state index contributed by atoms with van der Waals surface area (Å²) in [6.07, 6.45) is 6.34. The van der Waals surface area contributed by atoms with E-state index in [4.69, 9.17) is 10.6 Å². The van der Waals surface area contributed by atoms with Crippen molar-refractivity contribution in [3.05, 3.63) is 60.2 Å². The van der Waals surface area contributed by atoms with Crippen molar-refractivity contribution in [1.29, 1.82) is 0 Å². The van der Waals surface area contributed by atoms with E-state index in [9.17, 15) is 0 Å². The highest BCUT2D eigenvalue weighted by atomic mass is 16.6. The molecule has 0 radical (unpaired) electrons. The van der Waals surface area contributed by atoms with Crippen molar-refractivity contribution in [2.45, 2.75) is 44.4 Å². The summed E-state index contributed by atoms with van der Waals surface area (Å²) in [6, 6.07) is 18.8. The predicted octanol–water partition coefficient (Wildman–Crippen LogP) is 3.10. The molecule has 2 atom stereocenters. The van der Waals surface area contributed by atoms with E-state index in [1.165, 1.54) is 24.8 Å². The molecule has 1 aliphatic heterocycles. The molecule has 2 unspecified atom stereocenters. The van der Waals surface area contributed by atoms with Crippen molar-refractivity contribution in [3.8, 4) is 0 Å². The third-order valence-corrected chi connectivity index (χ3v) is 3.49. The molecule has 3 heteroatoms. The van der Waals surface area contributed by atoms with Crippen LogP contribution in [-0.2, 0) is 11.2 Å². The molecule has 0 saturated carbocycles. The lowest BCUT2D eigenvalue weighted by Gasteiger charge is -2.00. The first-order valence-corrected chi connectivity index (χ1v) is 7.39. The van der Waals surface area contributed by atoms with Crippen LogP contribution >= 0.6 is 0 Å². The van der Waals surface area contributed by atoms with E-state index in [0.717, 1.165) is 12.8 Å². The highest BCUT2D eigenvalue weighted by Crippen LogP contribution is 2.24. The highest BCUT2D eigenvalue weighted by molar-refractivity contribution is 5.12. The number of unbranched alkanes of at least 4 members (excludes halogenated alkanes) is 2. The van der Waals surface area contributed by atoms with Crippen LogP contribution in [0.4, 0.5) is 0 Å². The molecule has 108 valence electrons. The maximum Gasteiger partial charge on any atom is 0.147 e. The number of nitrogens with one attached hydrogen (secondary N) is 1. The lowest BCUT2D eigenvalue weighted by atomic mass is 10.1. The van der Waals surface area contributed by atoms with Gasteiger partial charge in [-0.15, -0.1) is 0 Å². The van der Waals surface area contributed by atoms with Crippen LogP contribution in [0.15, 0.2) is 54.6 Å². The normalized spacial score (nSPS) is 20.2. The first-order chi connectivity index (χ1) is 9.90. The Hall–Kier alpha value is -1.42. The fraction of sp³-hybridized carbons (Fsp3) is 0.412. The molecule has 1 aromatic rings. The van der Waals surface area contributed by atoms with Gasteiger partial charge in [-0.3, -0.25) is 5.84 Å². The lowest BCUT2D eigenvalue weighted by molar-refractivity contribution is 0.338. The van der Waals surface area contributed by atoms with E-state index < -0.39 is 0 Å². The van der Waals surface area contributed by atoms with Crippen LogP contribution in [0, 0.1) is 0 Å². The topological polar surface area (TPSA) is 50.6 Å². The molecule has 2 rings (SSSR count). The fourth-order valence-corrected chi connectivity index (χ4v) is 2.26. The zero-order valence-corrected chi connectivity index (χ0v) is 11.9. The summed E-state index contributed by atoms with van der Waals surface area (Å²) >= 11 is 0. The van der Waals surface area contributed by atoms with Gasteiger partial charge in [0.05, 0.1) is 0 Å². The average Bonchev–Trinajstić information content (AvgIpc) is 3.24. The molecular formula is C17H24N2O. The minimum absolute atomic E-state index is 0.101. The van der Waals surface area contributed by atoms with Gasteiger partial charge in [0.15, 0.2) is 0 Å². The Morgan fingerprint density at radius 3 is 2.15 bits per heavy atom. The molecule has 0 aliphatic carbocycles. The first-order valence-electron chi connectivity index (χ1n) is 7.39. The summed E-state index contributed by atoms with van der Waals surface area (Å²) in [6.45, 7) is 0. The van der Waals surface area contributed by atoms with E-state index in [-0.39, 0.29) is 6.23 Å². The molecule has 1 aromatic carbocycles. The largest absolute Gasteiger partial charge is 0.352 e. The first kappa shape index (κ1) is 15.0. The zero-order chi connectivity index (χ0) is 14.0. The molecule has 1 saturated heterocycles. The van der Waals surface area contributed by atoms with Gasteiger partial charge in [0.2, 0.25) is 0 Å². The van der Waals surface area contributed by atoms with Crippen molar-refractivity contribution in [2.24, 2.45) is 5.84 Å². The molecule has 0 amide bonds. The second-order valence-corrected chi connectivity index (χ2v) is 5.12. The van der Waals surface area contributed by atoms with E-state index >= 15 is 0 Å². The van der Waals surface area contributed by atoms with E-state index in [2.05, 4.69) is 41.8 Å². The number of hydrogen-bond donors (Lipinski definition) is 2. The molecule has 3 nitrogen and oxygen atoms in total. The van der Waals surface area contributed by atoms with Crippen molar-refractivity contribution < 1.29 is 4.74 Å². The van der Waals surface area contributed by atoms with Gasteiger partial charge in [-0.25, -0.2) is 5.43 Å². The third kappa shape index (κ3) is 5.70. The van der Waals surface area contributed by atoms with Gasteiger partial charge in [-0.2, -0.15) is 0 Å². The Morgan fingerprint density at radius 1 is 0.900 bits per heavy atom. The second-order valence-electron chi connectivity index (χ2n) is 5.12. The third-order valence-electron chi connectivity index (χ3n) is 3.49. The molecule has 0 aromatic heterocycles. The van der Waals surface area contributed by atoms with E-state index in [1.807, 2.05) is 18.2 Å². The predicted molar refractivity (Wildman–Crippen MR) is 82.2 cm³/mol. The fourth-order valence-electron chi connectivity index (χ4n) is 2.26. The molecule has 0 bridgehead atoms. The SMILES string of the molecule is NNC1OC1CCCCCc1ccccccccc1. The summed E-state index contributed by atoms with van der Waals surface area (Å²) in [4.78, 5) is 0. The van der Waals surface area contributed by atoms with Crippen LogP contribution < -0.4 is 11.3 Å². The second kappa shape index (κ2) is 8.69. The Labute approximate surface area is 121 Å².